The molecular weight excluding hydrogens is 393 g/mol. The van der Waals surface area contributed by atoms with Crippen molar-refractivity contribution in [1.82, 2.24) is 4.67 Å². The van der Waals surface area contributed by atoms with Crippen LogP contribution < -0.4 is 9.41 Å². The van der Waals surface area contributed by atoms with Crippen LogP contribution in [0.1, 0.15) is 23.7 Å². The van der Waals surface area contributed by atoms with Crippen molar-refractivity contribution in [2.45, 2.75) is 13.3 Å². The van der Waals surface area contributed by atoms with Gasteiger partial charge in [-0.25, -0.2) is 4.99 Å². The lowest BCUT2D eigenvalue weighted by Gasteiger charge is -2.47. The lowest BCUT2D eigenvalue weighted by molar-refractivity contribution is 0.0856. The molecule has 2 aromatic carbocycles. The average molecular weight is 415 g/mol. The summed E-state index contributed by atoms with van der Waals surface area (Å²) in [5.41, 5.74) is 2.05. The largest absolute Gasteiger partial charge is 0.497 e. The van der Waals surface area contributed by atoms with Gasteiger partial charge in [-0.05, 0) is 42.8 Å². The SMILES string of the molecule is CCCN1C(=O)c2ccccc2N2CCSC(=Nc3ccc(OC)cc3)P12=O. The molecule has 0 bridgehead atoms. The summed E-state index contributed by atoms with van der Waals surface area (Å²) >= 11 is 1.48. The first kappa shape index (κ1) is 19.1. The highest BCUT2D eigenvalue weighted by atomic mass is 32.2. The molecule has 0 aliphatic carbocycles. The Balaban J connectivity index is 1.84. The number of methoxy groups -OCH3 is 1. The molecule has 2 aliphatic heterocycles. The monoisotopic (exact) mass is 415 g/mol. The molecule has 1 atom stereocenters. The highest BCUT2D eigenvalue weighted by molar-refractivity contribution is 8.27. The molecule has 6 nitrogen and oxygen atoms in total. The van der Waals surface area contributed by atoms with Crippen molar-refractivity contribution in [2.75, 3.05) is 30.6 Å². The summed E-state index contributed by atoms with van der Waals surface area (Å²) in [4.78, 5) is 18.4. The fraction of sp³-hybridized carbons (Fsp3) is 0.300. The van der Waals surface area contributed by atoms with E-state index in [1.165, 1.54) is 11.8 Å². The summed E-state index contributed by atoms with van der Waals surface area (Å²) in [6.07, 6.45) is 0.728. The van der Waals surface area contributed by atoms with Crippen LogP contribution in [0.3, 0.4) is 0 Å². The molecule has 0 radical (unpaired) electrons. The Bertz CT molecular complexity index is 977. The molecule has 1 unspecified atom stereocenters. The van der Waals surface area contributed by atoms with Crippen molar-refractivity contribution in [3.63, 3.8) is 0 Å². The zero-order valence-electron chi connectivity index (χ0n) is 15.9. The second-order valence-electron chi connectivity index (χ2n) is 6.55. The van der Waals surface area contributed by atoms with Crippen molar-refractivity contribution in [3.05, 3.63) is 54.1 Å². The van der Waals surface area contributed by atoms with Gasteiger partial charge >= 0.3 is 7.44 Å². The molecule has 2 aromatic rings. The minimum absolute atomic E-state index is 0.179. The van der Waals surface area contributed by atoms with Gasteiger partial charge in [0.05, 0.1) is 24.0 Å². The Kier molecular flexibility index (Phi) is 5.21. The molecule has 0 aromatic heterocycles. The number of hydrogen-bond acceptors (Lipinski definition) is 5. The van der Waals surface area contributed by atoms with Crippen molar-refractivity contribution >= 4 is 41.3 Å². The number of hydrogen-bond donors (Lipinski definition) is 0. The number of rotatable bonds is 4. The second-order valence-corrected chi connectivity index (χ2v) is 10.4. The van der Waals surface area contributed by atoms with Crippen LogP contribution in [0.5, 0.6) is 5.75 Å². The topological polar surface area (TPSA) is 62.2 Å². The molecule has 4 rings (SSSR count). The number of amides is 1. The predicted octanol–water partition coefficient (Wildman–Crippen LogP) is 5.00. The minimum Gasteiger partial charge on any atom is -0.497 e. The Morgan fingerprint density at radius 2 is 1.93 bits per heavy atom. The number of thioether (sulfide) groups is 1. The molecule has 2 aliphatic rings. The van der Waals surface area contributed by atoms with Crippen molar-refractivity contribution in [1.29, 1.82) is 0 Å². The molecule has 28 heavy (non-hydrogen) atoms. The van der Waals surface area contributed by atoms with E-state index in [4.69, 9.17) is 9.73 Å². The molecular formula is C20H22N3O3PS. The highest BCUT2D eigenvalue weighted by Gasteiger charge is 2.51. The number of ether oxygens (including phenoxy) is 1. The maximum absolute atomic E-state index is 14.4. The van der Waals surface area contributed by atoms with Crippen LogP contribution in [0.2, 0.25) is 0 Å². The molecule has 8 heteroatoms. The molecule has 146 valence electrons. The van der Waals surface area contributed by atoms with Gasteiger partial charge in [0.1, 0.15) is 5.75 Å². The Labute approximate surface area is 169 Å². The van der Waals surface area contributed by atoms with Crippen molar-refractivity contribution < 1.29 is 14.1 Å². The number of para-hydroxylation sites is 1. The quantitative estimate of drug-likeness (QED) is 0.658. The molecule has 0 saturated carbocycles. The standard InChI is InChI=1S/C20H22N3O3PS/c1-3-12-23-19(24)17-6-4-5-7-18(17)22-13-14-28-20(27(22,23)25)21-15-8-10-16(26-2)11-9-15/h4-11H,3,12-14H2,1-2H3. The lowest BCUT2D eigenvalue weighted by Crippen LogP contribution is -2.46. The average Bonchev–Trinajstić information content (AvgIpc) is 2.73. The van der Waals surface area contributed by atoms with Gasteiger partial charge < -0.3 is 9.41 Å². The minimum atomic E-state index is -3.33. The van der Waals surface area contributed by atoms with Gasteiger partial charge in [0, 0.05) is 18.8 Å². The van der Waals surface area contributed by atoms with Gasteiger partial charge in [-0.15, -0.1) is 0 Å². The molecule has 1 amide bonds. The lowest BCUT2D eigenvalue weighted by atomic mass is 10.1. The van der Waals surface area contributed by atoms with E-state index in [9.17, 15) is 9.36 Å². The van der Waals surface area contributed by atoms with Crippen LogP contribution in [-0.2, 0) is 4.57 Å². The Morgan fingerprint density at radius 3 is 2.64 bits per heavy atom. The van der Waals surface area contributed by atoms with Gasteiger partial charge in [-0.2, -0.15) is 0 Å². The summed E-state index contributed by atoms with van der Waals surface area (Å²) in [6.45, 7) is 3.04. The smallest absolute Gasteiger partial charge is 0.319 e. The van der Waals surface area contributed by atoms with Crippen molar-refractivity contribution in [3.8, 4) is 5.75 Å². The zero-order chi connectivity index (χ0) is 19.7. The van der Waals surface area contributed by atoms with E-state index in [1.807, 2.05) is 60.1 Å². The van der Waals surface area contributed by atoms with Crippen LogP contribution in [0.4, 0.5) is 11.4 Å². The molecule has 2 heterocycles. The summed E-state index contributed by atoms with van der Waals surface area (Å²) in [5, 5.41) is 0. The zero-order valence-corrected chi connectivity index (χ0v) is 17.6. The van der Waals surface area contributed by atoms with Crippen LogP contribution in [-0.4, -0.2) is 41.3 Å². The maximum atomic E-state index is 14.4. The summed E-state index contributed by atoms with van der Waals surface area (Å²) in [7, 11) is -1.72. The van der Waals surface area contributed by atoms with Gasteiger partial charge in [0.25, 0.3) is 5.91 Å². The van der Waals surface area contributed by atoms with E-state index in [2.05, 4.69) is 0 Å². The number of fused-ring (bicyclic) bond motifs is 3. The third-order valence-corrected chi connectivity index (χ3v) is 9.36. The van der Waals surface area contributed by atoms with E-state index >= 15 is 0 Å². The van der Waals surface area contributed by atoms with Crippen LogP contribution in [0, 0.1) is 0 Å². The first-order valence-electron chi connectivity index (χ1n) is 9.25. The van der Waals surface area contributed by atoms with Crippen LogP contribution in [0.15, 0.2) is 53.5 Å². The van der Waals surface area contributed by atoms with E-state index in [0.717, 1.165) is 23.6 Å². The predicted molar refractivity (Wildman–Crippen MR) is 115 cm³/mol. The van der Waals surface area contributed by atoms with E-state index in [1.54, 1.807) is 11.8 Å². The van der Waals surface area contributed by atoms with Gasteiger partial charge in [-0.1, -0.05) is 30.8 Å². The summed E-state index contributed by atoms with van der Waals surface area (Å²) < 4.78 is 23.1. The fourth-order valence-electron chi connectivity index (χ4n) is 3.50. The van der Waals surface area contributed by atoms with Crippen molar-refractivity contribution in [2.24, 2.45) is 4.99 Å². The molecule has 1 fully saturated rings. The fourth-order valence-corrected chi connectivity index (χ4v) is 8.38. The first-order valence-corrected chi connectivity index (χ1v) is 11.8. The van der Waals surface area contributed by atoms with E-state index < -0.39 is 7.44 Å². The number of carbonyl (C=O) groups is 1. The molecule has 0 spiro atoms. The normalized spacial score (nSPS) is 22.8. The first-order chi connectivity index (χ1) is 13.6. The van der Waals surface area contributed by atoms with E-state index in [-0.39, 0.29) is 5.91 Å². The number of benzene rings is 2. The third kappa shape index (κ3) is 3.03. The van der Waals surface area contributed by atoms with Crippen LogP contribution in [0.25, 0.3) is 0 Å². The number of nitrogens with zero attached hydrogens (tertiary/aromatic N) is 3. The van der Waals surface area contributed by atoms with E-state index in [0.29, 0.717) is 29.1 Å². The second kappa shape index (κ2) is 7.64. The van der Waals surface area contributed by atoms with Gasteiger partial charge in [0.2, 0.25) is 0 Å². The Morgan fingerprint density at radius 1 is 1.18 bits per heavy atom. The van der Waals surface area contributed by atoms with Gasteiger partial charge in [0.15, 0.2) is 4.78 Å². The molecule has 0 N–H and O–H groups in total. The number of carbonyl (C=O) groups excluding carboxylic acids is 1. The third-order valence-electron chi connectivity index (χ3n) is 4.82. The highest BCUT2D eigenvalue weighted by Crippen LogP contribution is 2.65. The number of aliphatic imine (C=N–C) groups is 1. The maximum Gasteiger partial charge on any atom is 0.319 e. The number of anilines is 1. The Hall–Kier alpha value is -2.24. The van der Waals surface area contributed by atoms with Crippen LogP contribution >= 0.6 is 19.2 Å². The summed E-state index contributed by atoms with van der Waals surface area (Å²) in [6, 6.07) is 14.7. The summed E-state index contributed by atoms with van der Waals surface area (Å²) in [5.74, 6) is 1.33. The molecule has 1 saturated heterocycles. The van der Waals surface area contributed by atoms with Gasteiger partial charge in [-0.3, -0.25) is 14.0 Å².